The summed E-state index contributed by atoms with van der Waals surface area (Å²) >= 11 is 0. The van der Waals surface area contributed by atoms with Gasteiger partial charge in [-0.05, 0) is 0 Å². The summed E-state index contributed by atoms with van der Waals surface area (Å²) in [4.78, 5) is 19.0. The number of rotatable bonds is 5. The van der Waals surface area contributed by atoms with Crippen LogP contribution in [0.5, 0.6) is 0 Å². The van der Waals surface area contributed by atoms with Crippen LogP contribution in [0.1, 0.15) is 0 Å². The van der Waals surface area contributed by atoms with E-state index >= 15 is 0 Å². The maximum atomic E-state index is 10.5. The van der Waals surface area contributed by atoms with Crippen molar-refractivity contribution in [2.24, 2.45) is 0 Å². The number of phosphoric acid groups is 1. The van der Waals surface area contributed by atoms with E-state index in [1.807, 2.05) is 0 Å². The van der Waals surface area contributed by atoms with Crippen LogP contribution in [0.15, 0.2) is 12.7 Å². The van der Waals surface area contributed by atoms with Crippen LogP contribution in [-0.4, -0.2) is 24.8 Å². The molecule has 6 nitrogen and oxygen atoms in total. The molecule has 0 radical (unpaired) electrons. The lowest BCUT2D eigenvalue weighted by Crippen LogP contribution is -2.04. The van der Waals surface area contributed by atoms with Gasteiger partial charge in [-0.25, -0.2) is 13.9 Å². The number of phosphoric ester groups is 1. The summed E-state index contributed by atoms with van der Waals surface area (Å²) in [7, 11) is -3.06. The lowest BCUT2D eigenvalue weighted by molar-refractivity contribution is -0.144. The second kappa shape index (κ2) is 5.05. The Labute approximate surface area is 69.4 Å². The van der Waals surface area contributed by atoms with E-state index in [1.165, 1.54) is 0 Å². The molecule has 0 spiro atoms. The molecule has 0 aliphatic heterocycles. The largest absolute Gasteiger partial charge is 0.474 e. The van der Waals surface area contributed by atoms with Crippen LogP contribution in [0.25, 0.3) is 0 Å². The summed E-state index contributed by atoms with van der Waals surface area (Å²) in [6.45, 7) is 2.46. The minimum absolute atomic E-state index is 0.646. The molecule has 0 rings (SSSR count). The van der Waals surface area contributed by atoms with Gasteiger partial charge < -0.3 is 9.63 Å². The smallest absolute Gasteiger partial charge is 0.435 e. The molecule has 0 heterocycles. The van der Waals surface area contributed by atoms with Gasteiger partial charge in [-0.2, -0.15) is 0 Å². The highest BCUT2D eigenvalue weighted by Crippen LogP contribution is 2.41. The minimum atomic E-state index is -4.05. The van der Waals surface area contributed by atoms with Gasteiger partial charge in [0.1, 0.15) is 0 Å². The first-order valence-corrected chi connectivity index (χ1v) is 4.33. The Morgan fingerprint density at radius 2 is 2.33 bits per heavy atom. The molecule has 70 valence electrons. The molecule has 12 heavy (non-hydrogen) atoms. The second-order valence-corrected chi connectivity index (χ2v) is 3.13. The van der Waals surface area contributed by atoms with E-state index in [1.54, 1.807) is 0 Å². The molecule has 1 unspecified atom stereocenters. The van der Waals surface area contributed by atoms with E-state index in [0.717, 1.165) is 13.2 Å². The monoisotopic (exact) mass is 196 g/mol. The molecule has 0 aliphatic rings. The summed E-state index contributed by atoms with van der Waals surface area (Å²) in [6.07, 6.45) is 0.901. The fourth-order valence-corrected chi connectivity index (χ4v) is 0.554. The molecule has 0 saturated carbocycles. The van der Waals surface area contributed by atoms with E-state index in [2.05, 4.69) is 20.4 Å². The van der Waals surface area contributed by atoms with Gasteiger partial charge in [-0.15, -0.1) is 0 Å². The van der Waals surface area contributed by atoms with E-state index < -0.39 is 20.6 Å². The molecule has 1 N–H and O–H groups in total. The zero-order valence-corrected chi connectivity index (χ0v) is 7.32. The first-order chi connectivity index (χ1) is 5.52. The highest BCUT2D eigenvalue weighted by atomic mass is 31.2. The van der Waals surface area contributed by atoms with Gasteiger partial charge in [0.25, 0.3) is 0 Å². The molecule has 1 atom stereocenters. The summed E-state index contributed by atoms with van der Waals surface area (Å²) in [5.74, 6) is -0.744. The second-order valence-electron chi connectivity index (χ2n) is 1.57. The quantitative estimate of drug-likeness (QED) is 0.297. The fraction of sp³-hybridized carbons (Fsp3) is 0.400. The third-order valence-electron chi connectivity index (χ3n) is 0.814. The van der Waals surface area contributed by atoms with Crippen molar-refractivity contribution in [1.82, 2.24) is 0 Å². The zero-order valence-electron chi connectivity index (χ0n) is 6.43. The Kier molecular flexibility index (Phi) is 4.77. The molecule has 0 aromatic carbocycles. The average Bonchev–Trinajstić information content (AvgIpc) is 2.04. The number of ether oxygens (including phenoxy) is 1. The van der Waals surface area contributed by atoms with Crippen molar-refractivity contribution in [1.29, 1.82) is 0 Å². The van der Waals surface area contributed by atoms with E-state index in [-0.39, 0.29) is 0 Å². The molecule has 0 aromatic heterocycles. The topological polar surface area (TPSA) is 82.1 Å². The van der Waals surface area contributed by atoms with Gasteiger partial charge >= 0.3 is 13.8 Å². The van der Waals surface area contributed by atoms with Crippen molar-refractivity contribution < 1.29 is 28.0 Å². The van der Waals surface area contributed by atoms with Gasteiger partial charge in [0, 0.05) is 13.2 Å². The Morgan fingerprint density at radius 1 is 1.75 bits per heavy atom. The molecule has 0 bridgehead atoms. The Balaban J connectivity index is 3.63. The van der Waals surface area contributed by atoms with Gasteiger partial charge in [0.2, 0.25) is 6.79 Å². The van der Waals surface area contributed by atoms with Crippen LogP contribution in [0.4, 0.5) is 0 Å². The molecule has 0 aromatic rings. The average molecular weight is 196 g/mol. The van der Waals surface area contributed by atoms with Crippen LogP contribution in [0.2, 0.25) is 0 Å². The highest BCUT2D eigenvalue weighted by Gasteiger charge is 2.18. The standard InChI is InChI=1S/C5H9O6P/c1-3-5(6)10-4-11-12(7,8)9-2/h3H,1,4H2,2H3,(H,7,8). The Hall–Kier alpha value is -0.680. The van der Waals surface area contributed by atoms with Crippen LogP contribution >= 0.6 is 7.82 Å². The minimum Gasteiger partial charge on any atom is -0.435 e. The summed E-state index contributed by atoms with van der Waals surface area (Å²) in [5.41, 5.74) is 0. The van der Waals surface area contributed by atoms with Crippen LogP contribution in [0, 0.1) is 0 Å². The SMILES string of the molecule is C=CC(=O)OCOP(=O)(O)OC. The lowest BCUT2D eigenvalue weighted by atomic mass is 10.7. The van der Waals surface area contributed by atoms with E-state index in [4.69, 9.17) is 4.89 Å². The van der Waals surface area contributed by atoms with Crippen molar-refractivity contribution in [3.63, 3.8) is 0 Å². The number of hydrogen-bond donors (Lipinski definition) is 1. The molecule has 0 fully saturated rings. The zero-order chi connectivity index (χ0) is 9.61. The number of hydrogen-bond acceptors (Lipinski definition) is 5. The Bertz CT molecular complexity index is 212. The van der Waals surface area contributed by atoms with Crippen molar-refractivity contribution in [2.45, 2.75) is 0 Å². The fourth-order valence-electron chi connectivity index (χ4n) is 0.263. The van der Waals surface area contributed by atoms with Crippen LogP contribution in [-0.2, 0) is 23.1 Å². The summed E-state index contributed by atoms with van der Waals surface area (Å²) in [5, 5.41) is 0. The van der Waals surface area contributed by atoms with E-state index in [9.17, 15) is 9.36 Å². The first kappa shape index (κ1) is 11.3. The molecule has 0 aliphatic carbocycles. The van der Waals surface area contributed by atoms with Crippen molar-refractivity contribution in [3.05, 3.63) is 12.7 Å². The van der Waals surface area contributed by atoms with Gasteiger partial charge in [0.15, 0.2) is 0 Å². The number of carbonyl (C=O) groups excluding carboxylic acids is 1. The predicted octanol–water partition coefficient (Wildman–Crippen LogP) is 0.436. The third-order valence-corrected chi connectivity index (χ3v) is 1.71. The van der Waals surface area contributed by atoms with Crippen molar-refractivity contribution in [3.8, 4) is 0 Å². The van der Waals surface area contributed by atoms with Crippen molar-refractivity contribution >= 4 is 13.8 Å². The van der Waals surface area contributed by atoms with Crippen LogP contribution in [0.3, 0.4) is 0 Å². The van der Waals surface area contributed by atoms with Gasteiger partial charge in [-0.1, -0.05) is 6.58 Å². The van der Waals surface area contributed by atoms with Crippen LogP contribution < -0.4 is 0 Å². The number of esters is 1. The summed E-state index contributed by atoms with van der Waals surface area (Å²) < 4.78 is 23.0. The molecule has 0 saturated heterocycles. The lowest BCUT2D eigenvalue weighted by Gasteiger charge is -2.07. The summed E-state index contributed by atoms with van der Waals surface area (Å²) in [6, 6.07) is 0. The van der Waals surface area contributed by atoms with Gasteiger partial charge in [0.05, 0.1) is 0 Å². The maximum absolute atomic E-state index is 10.5. The normalized spacial score (nSPS) is 14.8. The predicted molar refractivity (Wildman–Crippen MR) is 39.1 cm³/mol. The molecular formula is C5H9O6P. The molecule has 7 heteroatoms. The van der Waals surface area contributed by atoms with Gasteiger partial charge in [-0.3, -0.25) is 4.52 Å². The Morgan fingerprint density at radius 3 is 2.75 bits per heavy atom. The molecular weight excluding hydrogens is 187 g/mol. The highest BCUT2D eigenvalue weighted by molar-refractivity contribution is 7.47. The number of carbonyl (C=O) groups is 1. The first-order valence-electron chi connectivity index (χ1n) is 2.84. The maximum Gasteiger partial charge on any atom is 0.474 e. The third kappa shape index (κ3) is 5.03. The molecule has 0 amide bonds. The van der Waals surface area contributed by atoms with E-state index in [0.29, 0.717) is 0 Å². The van der Waals surface area contributed by atoms with Crippen molar-refractivity contribution in [2.75, 3.05) is 13.9 Å².